The van der Waals surface area contributed by atoms with E-state index in [1.54, 1.807) is 0 Å². The topological polar surface area (TPSA) is 63.6 Å². The minimum absolute atomic E-state index is 0.374. The number of aliphatic hydroxyl groups excluding tert-OH is 1. The molecule has 1 aliphatic heterocycles. The van der Waals surface area contributed by atoms with E-state index in [2.05, 4.69) is 4.74 Å². The third-order valence-electron chi connectivity index (χ3n) is 2.64. The monoisotopic (exact) mass is 170 g/mol. The predicted molar refractivity (Wildman–Crippen MR) is 37.9 cm³/mol. The average molecular weight is 170 g/mol. The van der Waals surface area contributed by atoms with Crippen molar-refractivity contribution >= 4 is 11.9 Å². The Hall–Kier alpha value is -0.900. The second-order valence-electron chi connectivity index (χ2n) is 3.37. The van der Waals surface area contributed by atoms with Crippen LogP contribution >= 0.6 is 0 Å². The first-order valence-electron chi connectivity index (χ1n) is 4.14. The molecule has 4 nitrogen and oxygen atoms in total. The van der Waals surface area contributed by atoms with Gasteiger partial charge in [0.1, 0.15) is 0 Å². The van der Waals surface area contributed by atoms with Crippen molar-refractivity contribution in [1.29, 1.82) is 0 Å². The molecule has 1 N–H and O–H groups in total. The Bertz CT molecular complexity index is 235. The van der Waals surface area contributed by atoms with E-state index < -0.39 is 24.0 Å². The maximum atomic E-state index is 11.0. The number of hydrogen-bond donors (Lipinski definition) is 1. The molecule has 0 aromatic carbocycles. The second kappa shape index (κ2) is 2.55. The largest absolute Gasteiger partial charge is 0.393 e. The van der Waals surface area contributed by atoms with Crippen LogP contribution in [-0.2, 0) is 14.3 Å². The molecule has 0 spiro atoms. The quantitative estimate of drug-likeness (QED) is 0.405. The summed E-state index contributed by atoms with van der Waals surface area (Å²) in [4.78, 5) is 22.0. The van der Waals surface area contributed by atoms with Gasteiger partial charge in [-0.1, -0.05) is 0 Å². The van der Waals surface area contributed by atoms with Crippen LogP contribution in [0.2, 0.25) is 0 Å². The zero-order valence-corrected chi connectivity index (χ0v) is 6.53. The van der Waals surface area contributed by atoms with Crippen molar-refractivity contribution in [2.75, 3.05) is 0 Å². The molecule has 3 atom stereocenters. The molecule has 2 aliphatic rings. The van der Waals surface area contributed by atoms with Gasteiger partial charge in [0.05, 0.1) is 17.9 Å². The van der Waals surface area contributed by atoms with Gasteiger partial charge in [-0.3, -0.25) is 9.59 Å². The lowest BCUT2D eigenvalue weighted by Crippen LogP contribution is -2.34. The van der Waals surface area contributed by atoms with Crippen molar-refractivity contribution in [1.82, 2.24) is 0 Å². The van der Waals surface area contributed by atoms with E-state index in [1.165, 1.54) is 0 Å². The molecule has 3 unspecified atom stereocenters. The summed E-state index contributed by atoms with van der Waals surface area (Å²) >= 11 is 0. The first kappa shape index (κ1) is 7.73. The van der Waals surface area contributed by atoms with Gasteiger partial charge in [-0.15, -0.1) is 0 Å². The molecular formula is C8H10O4. The van der Waals surface area contributed by atoms with Crippen LogP contribution in [0.3, 0.4) is 0 Å². The SMILES string of the molecule is O=C1OC(=O)C2C(O)CCCC12. The Kier molecular flexibility index (Phi) is 1.65. The lowest BCUT2D eigenvalue weighted by molar-refractivity contribution is -0.154. The summed E-state index contributed by atoms with van der Waals surface area (Å²) in [5.41, 5.74) is 0. The summed E-state index contributed by atoms with van der Waals surface area (Å²) < 4.78 is 4.44. The number of esters is 2. The van der Waals surface area contributed by atoms with Crippen LogP contribution in [0.1, 0.15) is 19.3 Å². The highest BCUT2D eigenvalue weighted by Gasteiger charge is 2.49. The summed E-state index contributed by atoms with van der Waals surface area (Å²) in [6, 6.07) is 0. The first-order valence-corrected chi connectivity index (χ1v) is 4.14. The number of carbonyl (C=O) groups is 2. The molecule has 0 amide bonds. The molecule has 66 valence electrons. The van der Waals surface area contributed by atoms with E-state index in [-0.39, 0.29) is 5.92 Å². The fourth-order valence-corrected chi connectivity index (χ4v) is 2.00. The van der Waals surface area contributed by atoms with Gasteiger partial charge in [0.15, 0.2) is 0 Å². The van der Waals surface area contributed by atoms with Crippen molar-refractivity contribution in [2.24, 2.45) is 11.8 Å². The highest BCUT2D eigenvalue weighted by atomic mass is 16.6. The number of ether oxygens (including phenoxy) is 1. The van der Waals surface area contributed by atoms with Crippen LogP contribution in [0.15, 0.2) is 0 Å². The molecule has 1 heterocycles. The molecule has 0 bridgehead atoms. The summed E-state index contributed by atoms with van der Waals surface area (Å²) in [5, 5.41) is 9.41. The molecule has 0 aromatic rings. The Morgan fingerprint density at radius 2 is 2.00 bits per heavy atom. The predicted octanol–water partition coefficient (Wildman–Crippen LogP) is -0.153. The van der Waals surface area contributed by atoms with E-state index >= 15 is 0 Å². The third-order valence-corrected chi connectivity index (χ3v) is 2.64. The summed E-state index contributed by atoms with van der Waals surface area (Å²) in [7, 11) is 0. The third kappa shape index (κ3) is 0.948. The molecule has 0 aromatic heterocycles. The smallest absolute Gasteiger partial charge is 0.320 e. The zero-order valence-electron chi connectivity index (χ0n) is 6.53. The zero-order chi connectivity index (χ0) is 8.72. The molecule has 12 heavy (non-hydrogen) atoms. The molecule has 2 fully saturated rings. The van der Waals surface area contributed by atoms with Gasteiger partial charge in [0, 0.05) is 0 Å². The Labute approximate surface area is 69.5 Å². The lowest BCUT2D eigenvalue weighted by atomic mass is 9.79. The fraction of sp³-hybridized carbons (Fsp3) is 0.750. The van der Waals surface area contributed by atoms with Crippen LogP contribution in [0.4, 0.5) is 0 Å². The molecular weight excluding hydrogens is 160 g/mol. The molecule has 4 heteroatoms. The van der Waals surface area contributed by atoms with Crippen LogP contribution in [0.5, 0.6) is 0 Å². The average Bonchev–Trinajstić information content (AvgIpc) is 2.29. The van der Waals surface area contributed by atoms with Gasteiger partial charge in [-0.2, -0.15) is 0 Å². The summed E-state index contributed by atoms with van der Waals surface area (Å²) in [6.07, 6.45) is 1.39. The van der Waals surface area contributed by atoms with Gasteiger partial charge in [-0.05, 0) is 19.3 Å². The van der Waals surface area contributed by atoms with Crippen LogP contribution in [-0.4, -0.2) is 23.1 Å². The Balaban J connectivity index is 2.24. The van der Waals surface area contributed by atoms with Crippen molar-refractivity contribution in [2.45, 2.75) is 25.4 Å². The Morgan fingerprint density at radius 1 is 1.25 bits per heavy atom. The van der Waals surface area contributed by atoms with E-state index in [0.29, 0.717) is 12.8 Å². The number of aliphatic hydroxyl groups is 1. The maximum Gasteiger partial charge on any atom is 0.320 e. The van der Waals surface area contributed by atoms with Gasteiger partial charge in [0.2, 0.25) is 0 Å². The molecule has 0 radical (unpaired) electrons. The van der Waals surface area contributed by atoms with Crippen molar-refractivity contribution in [3.05, 3.63) is 0 Å². The minimum atomic E-state index is -0.678. The summed E-state index contributed by atoms with van der Waals surface area (Å²) in [5.74, 6) is -1.95. The van der Waals surface area contributed by atoms with Crippen molar-refractivity contribution in [3.8, 4) is 0 Å². The number of fused-ring (bicyclic) bond motifs is 1. The standard InChI is InChI=1S/C8H10O4/c9-5-3-1-2-4-6(5)8(11)12-7(4)10/h4-6,9H,1-3H2. The number of carbonyl (C=O) groups excluding carboxylic acids is 2. The van der Waals surface area contributed by atoms with E-state index in [4.69, 9.17) is 0 Å². The van der Waals surface area contributed by atoms with Gasteiger partial charge in [0.25, 0.3) is 0 Å². The maximum absolute atomic E-state index is 11.0. The molecule has 1 aliphatic carbocycles. The number of rotatable bonds is 0. The van der Waals surface area contributed by atoms with E-state index in [9.17, 15) is 14.7 Å². The van der Waals surface area contributed by atoms with Gasteiger partial charge >= 0.3 is 11.9 Å². The first-order chi connectivity index (χ1) is 5.70. The Morgan fingerprint density at radius 3 is 2.67 bits per heavy atom. The lowest BCUT2D eigenvalue weighted by Gasteiger charge is -2.24. The van der Waals surface area contributed by atoms with Crippen LogP contribution in [0, 0.1) is 11.8 Å². The number of cyclic esters (lactones) is 2. The normalized spacial score (nSPS) is 40.9. The molecule has 1 saturated heterocycles. The fourth-order valence-electron chi connectivity index (χ4n) is 2.00. The van der Waals surface area contributed by atoms with E-state index in [0.717, 1.165) is 6.42 Å². The number of hydrogen-bond acceptors (Lipinski definition) is 4. The molecule has 2 rings (SSSR count). The van der Waals surface area contributed by atoms with E-state index in [1.807, 2.05) is 0 Å². The van der Waals surface area contributed by atoms with Crippen molar-refractivity contribution in [3.63, 3.8) is 0 Å². The summed E-state index contributed by atoms with van der Waals surface area (Å²) in [6.45, 7) is 0. The second-order valence-corrected chi connectivity index (χ2v) is 3.37. The van der Waals surface area contributed by atoms with Gasteiger partial charge in [-0.25, -0.2) is 0 Å². The molecule has 1 saturated carbocycles. The van der Waals surface area contributed by atoms with Crippen LogP contribution in [0.25, 0.3) is 0 Å². The van der Waals surface area contributed by atoms with Crippen LogP contribution < -0.4 is 0 Å². The minimum Gasteiger partial charge on any atom is -0.393 e. The highest BCUT2D eigenvalue weighted by molar-refractivity contribution is 5.96. The van der Waals surface area contributed by atoms with Gasteiger partial charge < -0.3 is 9.84 Å². The highest BCUT2D eigenvalue weighted by Crippen LogP contribution is 2.36. The van der Waals surface area contributed by atoms with Crippen molar-refractivity contribution < 1.29 is 19.4 Å².